The molecule has 0 amide bonds. The number of hydrogen-bond donors (Lipinski definition) is 1. The Hall–Kier alpha value is -2.21. The Morgan fingerprint density at radius 1 is 1.17 bits per heavy atom. The summed E-state index contributed by atoms with van der Waals surface area (Å²) in [6.07, 6.45) is 9.80. The van der Waals surface area contributed by atoms with Crippen LogP contribution in [0.2, 0.25) is 0 Å². The quantitative estimate of drug-likeness (QED) is 0.931. The van der Waals surface area contributed by atoms with Gasteiger partial charge in [-0.15, -0.1) is 0 Å². The predicted octanol–water partition coefficient (Wildman–Crippen LogP) is 1.97. The molecule has 3 heterocycles. The third kappa shape index (κ3) is 2.99. The van der Waals surface area contributed by atoms with Gasteiger partial charge in [0.1, 0.15) is 0 Å². The van der Waals surface area contributed by atoms with Gasteiger partial charge in [-0.25, -0.2) is 9.97 Å². The summed E-state index contributed by atoms with van der Waals surface area (Å²) in [4.78, 5) is 15.3. The Kier molecular flexibility index (Phi) is 4.06. The summed E-state index contributed by atoms with van der Waals surface area (Å²) < 4.78 is 6.10. The Bertz CT molecular complexity index is 623. The minimum atomic E-state index is 0.247. The molecule has 2 aliphatic rings. The number of hydrogen-bond acceptors (Lipinski definition) is 6. The van der Waals surface area contributed by atoms with E-state index in [9.17, 15) is 0 Å². The maximum absolute atomic E-state index is 6.10. The smallest absolute Gasteiger partial charge is 0.225 e. The van der Waals surface area contributed by atoms with Crippen molar-refractivity contribution < 1.29 is 4.74 Å². The van der Waals surface area contributed by atoms with E-state index in [2.05, 4.69) is 25.2 Å². The lowest BCUT2D eigenvalue weighted by Gasteiger charge is -2.39. The van der Waals surface area contributed by atoms with E-state index in [4.69, 9.17) is 4.74 Å². The van der Waals surface area contributed by atoms with Crippen molar-refractivity contribution in [2.45, 2.75) is 25.0 Å². The second-order valence-corrected chi connectivity index (χ2v) is 6.10. The van der Waals surface area contributed by atoms with Crippen molar-refractivity contribution in [3.63, 3.8) is 0 Å². The normalized spacial score (nSPS) is 26.8. The molecule has 6 nitrogen and oxygen atoms in total. The molecule has 2 fully saturated rings. The van der Waals surface area contributed by atoms with Crippen molar-refractivity contribution in [3.05, 3.63) is 43.0 Å². The van der Waals surface area contributed by atoms with Gasteiger partial charge in [-0.2, -0.15) is 0 Å². The van der Waals surface area contributed by atoms with Gasteiger partial charge in [0.05, 0.1) is 24.4 Å². The molecule has 1 N–H and O–H groups in total. The molecule has 0 bridgehead atoms. The zero-order valence-electron chi connectivity index (χ0n) is 13.0. The highest BCUT2D eigenvalue weighted by Crippen LogP contribution is 2.36. The third-order valence-corrected chi connectivity index (χ3v) is 4.76. The summed E-state index contributed by atoms with van der Waals surface area (Å²) in [5.74, 6) is 1.33. The number of aromatic nitrogens is 3. The fourth-order valence-corrected chi connectivity index (χ4v) is 3.68. The highest BCUT2D eigenvalue weighted by Gasteiger charge is 2.43. The minimum Gasteiger partial charge on any atom is -0.383 e. The first-order valence-electron chi connectivity index (χ1n) is 8.21. The van der Waals surface area contributed by atoms with Crippen molar-refractivity contribution in [1.29, 1.82) is 0 Å². The summed E-state index contributed by atoms with van der Waals surface area (Å²) in [5, 5.41) is 3.48. The summed E-state index contributed by atoms with van der Waals surface area (Å²) in [6, 6.07) is 6.24. The Morgan fingerprint density at radius 2 is 2.09 bits per heavy atom. The topological polar surface area (TPSA) is 63.2 Å². The molecule has 0 radical (unpaired) electrons. The molecule has 1 aliphatic heterocycles. The number of fused-ring (bicyclic) bond motifs is 1. The van der Waals surface area contributed by atoms with Crippen LogP contribution in [0.15, 0.2) is 43.0 Å². The summed E-state index contributed by atoms with van der Waals surface area (Å²) in [7, 11) is 0. The van der Waals surface area contributed by atoms with E-state index in [1.54, 1.807) is 6.20 Å². The molecule has 2 aromatic rings. The molecule has 0 aromatic carbocycles. The monoisotopic (exact) mass is 311 g/mol. The van der Waals surface area contributed by atoms with Crippen molar-refractivity contribution in [2.75, 3.05) is 29.9 Å². The molecule has 0 spiro atoms. The van der Waals surface area contributed by atoms with Crippen LogP contribution in [0, 0.1) is 5.92 Å². The summed E-state index contributed by atoms with van der Waals surface area (Å²) in [5.41, 5.74) is 1.06. The standard InChI is InChI=1S/C17H21N5O/c1-3-14(12-18-6-1)21-11-13-4-5-15-16(13)23-10-9-22(15)17-19-7-2-8-20-17/h1-3,6-8,12-13,15-16,21H,4-5,9-11H2. The van der Waals surface area contributed by atoms with Crippen molar-refractivity contribution in [1.82, 2.24) is 15.0 Å². The van der Waals surface area contributed by atoms with Gasteiger partial charge in [-0.05, 0) is 31.0 Å². The molecule has 4 rings (SSSR count). The van der Waals surface area contributed by atoms with Gasteiger partial charge in [-0.3, -0.25) is 4.98 Å². The maximum atomic E-state index is 6.10. The number of rotatable bonds is 4. The minimum absolute atomic E-state index is 0.247. The molecule has 2 aromatic heterocycles. The molecule has 6 heteroatoms. The Morgan fingerprint density at radius 3 is 2.91 bits per heavy atom. The summed E-state index contributed by atoms with van der Waals surface area (Å²) in [6.45, 7) is 2.52. The second-order valence-electron chi connectivity index (χ2n) is 6.10. The first-order valence-corrected chi connectivity index (χ1v) is 8.21. The largest absolute Gasteiger partial charge is 0.383 e. The molecule has 23 heavy (non-hydrogen) atoms. The van der Waals surface area contributed by atoms with Crippen LogP contribution in [-0.4, -0.2) is 46.8 Å². The lowest BCUT2D eigenvalue weighted by molar-refractivity contribution is 0.000809. The predicted molar refractivity (Wildman–Crippen MR) is 88.4 cm³/mol. The number of ether oxygens (including phenoxy) is 1. The van der Waals surface area contributed by atoms with Gasteiger partial charge in [0, 0.05) is 43.8 Å². The van der Waals surface area contributed by atoms with Crippen LogP contribution < -0.4 is 10.2 Å². The van der Waals surface area contributed by atoms with Crippen LogP contribution in [0.4, 0.5) is 11.6 Å². The first kappa shape index (κ1) is 14.4. The molecular weight excluding hydrogens is 290 g/mol. The zero-order valence-corrected chi connectivity index (χ0v) is 13.0. The number of pyridine rings is 1. The third-order valence-electron chi connectivity index (χ3n) is 4.76. The van der Waals surface area contributed by atoms with E-state index in [0.717, 1.165) is 44.2 Å². The van der Waals surface area contributed by atoms with Crippen molar-refractivity contribution >= 4 is 11.6 Å². The van der Waals surface area contributed by atoms with Gasteiger partial charge in [-0.1, -0.05) is 0 Å². The highest BCUT2D eigenvalue weighted by atomic mass is 16.5. The van der Waals surface area contributed by atoms with Gasteiger partial charge < -0.3 is 15.0 Å². The van der Waals surface area contributed by atoms with E-state index in [1.807, 2.05) is 36.8 Å². The highest BCUT2D eigenvalue weighted by molar-refractivity contribution is 5.40. The fraction of sp³-hybridized carbons (Fsp3) is 0.471. The van der Waals surface area contributed by atoms with E-state index < -0.39 is 0 Å². The molecule has 3 atom stereocenters. The first-order chi connectivity index (χ1) is 11.4. The van der Waals surface area contributed by atoms with Gasteiger partial charge in [0.15, 0.2) is 0 Å². The van der Waals surface area contributed by atoms with E-state index in [1.165, 1.54) is 0 Å². The number of nitrogens with one attached hydrogen (secondary N) is 1. The van der Waals surface area contributed by atoms with Crippen LogP contribution >= 0.6 is 0 Å². The second kappa shape index (κ2) is 6.50. The molecule has 120 valence electrons. The van der Waals surface area contributed by atoms with E-state index in [-0.39, 0.29) is 6.10 Å². The molecular formula is C17H21N5O. The average molecular weight is 311 g/mol. The fourth-order valence-electron chi connectivity index (χ4n) is 3.68. The van der Waals surface area contributed by atoms with Crippen molar-refractivity contribution in [3.8, 4) is 0 Å². The Balaban J connectivity index is 1.43. The summed E-state index contributed by atoms with van der Waals surface area (Å²) >= 11 is 0. The van der Waals surface area contributed by atoms with E-state index in [0.29, 0.717) is 12.0 Å². The van der Waals surface area contributed by atoms with Gasteiger partial charge >= 0.3 is 0 Å². The lowest BCUT2D eigenvalue weighted by Crippen LogP contribution is -2.51. The van der Waals surface area contributed by atoms with E-state index >= 15 is 0 Å². The van der Waals surface area contributed by atoms with Crippen LogP contribution in [0.1, 0.15) is 12.8 Å². The van der Waals surface area contributed by atoms with Crippen LogP contribution in [0.5, 0.6) is 0 Å². The SMILES string of the molecule is c1cnc(N2CCOC3C(CNc4cccnc4)CCC32)nc1. The van der Waals surface area contributed by atoms with Crippen LogP contribution in [-0.2, 0) is 4.74 Å². The number of anilines is 2. The van der Waals surface area contributed by atoms with Crippen molar-refractivity contribution in [2.24, 2.45) is 5.92 Å². The van der Waals surface area contributed by atoms with Gasteiger partial charge in [0.25, 0.3) is 0 Å². The average Bonchev–Trinajstić information content (AvgIpc) is 3.05. The zero-order chi connectivity index (χ0) is 15.5. The number of nitrogens with zero attached hydrogens (tertiary/aromatic N) is 4. The van der Waals surface area contributed by atoms with Gasteiger partial charge in [0.2, 0.25) is 5.95 Å². The molecule has 3 unspecified atom stereocenters. The lowest BCUT2D eigenvalue weighted by atomic mass is 10.0. The number of morpholine rings is 1. The van der Waals surface area contributed by atoms with Crippen LogP contribution in [0.25, 0.3) is 0 Å². The molecule has 1 saturated carbocycles. The van der Waals surface area contributed by atoms with Crippen LogP contribution in [0.3, 0.4) is 0 Å². The molecule has 1 aliphatic carbocycles. The maximum Gasteiger partial charge on any atom is 0.225 e. The molecule has 1 saturated heterocycles. The Labute approximate surface area is 135 Å².